The quantitative estimate of drug-likeness (QED) is 0.433. The Balaban J connectivity index is 1.79. The fourth-order valence-corrected chi connectivity index (χ4v) is 3.91. The Bertz CT molecular complexity index is 1270. The number of aromatic amines is 1. The van der Waals surface area contributed by atoms with Crippen LogP contribution in [0.4, 0.5) is 11.6 Å². The van der Waals surface area contributed by atoms with Crippen molar-refractivity contribution in [2.24, 2.45) is 0 Å². The van der Waals surface area contributed by atoms with Gasteiger partial charge in [0.25, 0.3) is 5.56 Å². The number of halogens is 1. The maximum Gasteiger partial charge on any atom is 0.288 e. The van der Waals surface area contributed by atoms with Gasteiger partial charge in [0.15, 0.2) is 0 Å². The number of nitrogens with zero attached hydrogens (tertiary/aromatic N) is 5. The second-order valence-corrected chi connectivity index (χ2v) is 7.36. The van der Waals surface area contributed by atoms with Gasteiger partial charge in [-0.1, -0.05) is 33.2 Å². The van der Waals surface area contributed by atoms with Gasteiger partial charge < -0.3 is 10.1 Å². The van der Waals surface area contributed by atoms with E-state index in [0.29, 0.717) is 22.9 Å². The minimum absolute atomic E-state index is 0.341. The number of benzene rings is 2. The normalized spacial score (nSPS) is 14.6. The van der Waals surface area contributed by atoms with Crippen molar-refractivity contribution in [3.63, 3.8) is 0 Å². The van der Waals surface area contributed by atoms with Crippen LogP contribution in [0, 0.1) is 0 Å². The summed E-state index contributed by atoms with van der Waals surface area (Å²) in [6.45, 7) is 0. The Kier molecular flexibility index (Phi) is 4.13. The third-order valence-corrected chi connectivity index (χ3v) is 5.29. The Morgan fingerprint density at radius 1 is 1.17 bits per heavy atom. The Morgan fingerprint density at radius 2 is 2.00 bits per heavy atom. The summed E-state index contributed by atoms with van der Waals surface area (Å²) in [6, 6.07) is 14.9. The van der Waals surface area contributed by atoms with Gasteiger partial charge in [-0.15, -0.1) is 0 Å². The molecule has 1 atom stereocenters. The van der Waals surface area contributed by atoms with Gasteiger partial charge in [0.1, 0.15) is 17.5 Å². The van der Waals surface area contributed by atoms with Crippen molar-refractivity contribution in [3.8, 4) is 17.0 Å². The first-order valence-corrected chi connectivity index (χ1v) is 9.52. The molecule has 0 amide bonds. The molecule has 2 aromatic heterocycles. The van der Waals surface area contributed by atoms with Crippen molar-refractivity contribution in [1.82, 2.24) is 30.4 Å². The number of aromatic nitrogens is 6. The Labute approximate surface area is 172 Å². The van der Waals surface area contributed by atoms with Gasteiger partial charge in [-0.2, -0.15) is 9.78 Å². The van der Waals surface area contributed by atoms with Gasteiger partial charge in [0, 0.05) is 15.6 Å². The van der Waals surface area contributed by atoms with E-state index in [4.69, 9.17) is 4.74 Å². The molecular weight excluding hydrogens is 438 g/mol. The molecule has 0 bridgehead atoms. The number of anilines is 2. The molecule has 0 unspecified atom stereocenters. The van der Waals surface area contributed by atoms with Crippen molar-refractivity contribution in [2.45, 2.75) is 6.04 Å². The molecule has 0 saturated carbocycles. The lowest BCUT2D eigenvalue weighted by Gasteiger charge is -2.27. The molecule has 2 aromatic carbocycles. The molecule has 0 fully saturated rings. The third-order valence-electron chi connectivity index (χ3n) is 4.80. The molecule has 144 valence electrons. The number of H-pyrrole nitrogens is 1. The number of hydrogen-bond acceptors (Lipinski definition) is 7. The number of ether oxygens (including phenoxy) is 1. The topological polar surface area (TPSA) is 111 Å². The summed E-state index contributed by atoms with van der Waals surface area (Å²) in [7, 11) is 1.61. The van der Waals surface area contributed by atoms with Crippen molar-refractivity contribution in [1.29, 1.82) is 0 Å². The second kappa shape index (κ2) is 6.82. The molecule has 0 spiro atoms. The van der Waals surface area contributed by atoms with Crippen LogP contribution in [0.5, 0.6) is 5.75 Å². The first-order chi connectivity index (χ1) is 14.2. The van der Waals surface area contributed by atoms with Gasteiger partial charge in [-0.25, -0.2) is 5.10 Å². The Morgan fingerprint density at radius 3 is 2.76 bits per heavy atom. The first-order valence-electron chi connectivity index (χ1n) is 8.73. The van der Waals surface area contributed by atoms with E-state index < -0.39 is 6.04 Å². The summed E-state index contributed by atoms with van der Waals surface area (Å²) in [6.07, 6.45) is 0. The van der Waals surface area contributed by atoms with E-state index in [9.17, 15) is 4.79 Å². The number of nitrogens with one attached hydrogen (secondary N) is 2. The van der Waals surface area contributed by atoms with Gasteiger partial charge in [0.2, 0.25) is 5.95 Å². The van der Waals surface area contributed by atoms with E-state index in [1.165, 1.54) is 0 Å². The summed E-state index contributed by atoms with van der Waals surface area (Å²) in [5.74, 6) is 1.12. The van der Waals surface area contributed by atoms with Crippen molar-refractivity contribution in [2.75, 3.05) is 12.4 Å². The maximum atomic E-state index is 12.6. The Hall–Kier alpha value is -3.53. The van der Waals surface area contributed by atoms with Crippen LogP contribution >= 0.6 is 15.9 Å². The number of fused-ring (bicyclic) bond motifs is 2. The highest BCUT2D eigenvalue weighted by Crippen LogP contribution is 2.41. The molecule has 0 saturated heterocycles. The monoisotopic (exact) mass is 451 g/mol. The molecule has 29 heavy (non-hydrogen) atoms. The lowest BCUT2D eigenvalue weighted by molar-refractivity contribution is 0.415. The van der Waals surface area contributed by atoms with Crippen LogP contribution in [0.25, 0.3) is 11.3 Å². The van der Waals surface area contributed by atoms with Crippen LogP contribution < -0.4 is 15.6 Å². The molecular formula is C19H14BrN7O2. The van der Waals surface area contributed by atoms with E-state index >= 15 is 0 Å². The van der Waals surface area contributed by atoms with E-state index in [1.54, 1.807) is 11.8 Å². The summed E-state index contributed by atoms with van der Waals surface area (Å²) in [4.78, 5) is 12.6. The smallest absolute Gasteiger partial charge is 0.288 e. The summed E-state index contributed by atoms with van der Waals surface area (Å²) in [5.41, 5.74) is 3.09. The summed E-state index contributed by atoms with van der Waals surface area (Å²) in [5, 5.41) is 21.9. The predicted octanol–water partition coefficient (Wildman–Crippen LogP) is 2.89. The average Bonchev–Trinajstić information content (AvgIpc) is 3.21. The molecule has 4 aromatic rings. The van der Waals surface area contributed by atoms with Crippen LogP contribution in [0.1, 0.15) is 17.2 Å². The summed E-state index contributed by atoms with van der Waals surface area (Å²) >= 11 is 3.52. The van der Waals surface area contributed by atoms with Crippen LogP contribution in [-0.4, -0.2) is 37.5 Å². The van der Waals surface area contributed by atoms with E-state index in [-0.39, 0.29) is 5.56 Å². The van der Waals surface area contributed by atoms with Crippen LogP contribution in [0.3, 0.4) is 0 Å². The van der Waals surface area contributed by atoms with Crippen molar-refractivity contribution >= 4 is 27.6 Å². The van der Waals surface area contributed by atoms with Crippen molar-refractivity contribution in [3.05, 3.63) is 74.5 Å². The number of tetrazole rings is 1. The van der Waals surface area contributed by atoms with Crippen molar-refractivity contribution < 1.29 is 4.74 Å². The van der Waals surface area contributed by atoms with Gasteiger partial charge in [-0.3, -0.25) is 4.79 Å². The fraction of sp³-hybridized carbons (Fsp3) is 0.105. The molecule has 2 N–H and O–H groups in total. The SMILES string of the molecule is COc1ccc(-c2n[nH]c(=O)c3c2[C@@H](c2cccc(Br)c2)n2nnnc2N3)cc1. The average molecular weight is 452 g/mol. The zero-order valence-electron chi connectivity index (χ0n) is 15.1. The van der Waals surface area contributed by atoms with Crippen LogP contribution in [0.15, 0.2) is 57.8 Å². The first kappa shape index (κ1) is 17.6. The largest absolute Gasteiger partial charge is 0.497 e. The lowest BCUT2D eigenvalue weighted by atomic mass is 9.92. The lowest BCUT2D eigenvalue weighted by Crippen LogP contribution is -2.29. The van der Waals surface area contributed by atoms with Crippen LogP contribution in [-0.2, 0) is 0 Å². The predicted molar refractivity (Wildman–Crippen MR) is 109 cm³/mol. The highest BCUT2D eigenvalue weighted by Gasteiger charge is 2.34. The molecule has 3 heterocycles. The van der Waals surface area contributed by atoms with E-state index in [1.807, 2.05) is 48.5 Å². The number of methoxy groups -OCH3 is 1. The molecule has 1 aliphatic heterocycles. The molecule has 5 rings (SSSR count). The minimum Gasteiger partial charge on any atom is -0.497 e. The van der Waals surface area contributed by atoms with Gasteiger partial charge in [0.05, 0.1) is 12.8 Å². The standard InChI is InChI=1S/C19H14BrN7O2/c1-29-13-7-5-10(6-8-13)15-14-16(18(28)23-22-15)21-19-24-25-26-27(19)17(14)11-3-2-4-12(20)9-11/h2-9,17H,1H3,(H,23,28)(H,21,24,26)/t17-/m1/s1. The molecule has 10 heteroatoms. The molecule has 0 aliphatic carbocycles. The highest BCUT2D eigenvalue weighted by atomic mass is 79.9. The van der Waals surface area contributed by atoms with E-state index in [0.717, 1.165) is 21.3 Å². The second-order valence-electron chi connectivity index (χ2n) is 6.45. The maximum absolute atomic E-state index is 12.6. The zero-order chi connectivity index (χ0) is 20.0. The fourth-order valence-electron chi connectivity index (χ4n) is 3.49. The molecule has 1 aliphatic rings. The summed E-state index contributed by atoms with van der Waals surface area (Å²) < 4.78 is 7.81. The number of rotatable bonds is 3. The molecule has 9 nitrogen and oxygen atoms in total. The highest BCUT2D eigenvalue weighted by molar-refractivity contribution is 9.10. The van der Waals surface area contributed by atoms with Crippen LogP contribution in [0.2, 0.25) is 0 Å². The van der Waals surface area contributed by atoms with E-state index in [2.05, 4.69) is 47.0 Å². The molecule has 0 radical (unpaired) electrons. The minimum atomic E-state index is -0.430. The number of hydrogen-bond donors (Lipinski definition) is 2. The van der Waals surface area contributed by atoms with Gasteiger partial charge in [-0.05, 0) is 52.4 Å². The zero-order valence-corrected chi connectivity index (χ0v) is 16.7. The van der Waals surface area contributed by atoms with Gasteiger partial charge >= 0.3 is 0 Å². The third kappa shape index (κ3) is 2.88.